The lowest BCUT2D eigenvalue weighted by atomic mass is 9.83. The van der Waals surface area contributed by atoms with Crippen LogP contribution in [0.1, 0.15) is 19.8 Å². The van der Waals surface area contributed by atoms with Gasteiger partial charge in [-0.2, -0.15) is 0 Å². The minimum atomic E-state index is 0.219. The first kappa shape index (κ1) is 6.89. The summed E-state index contributed by atoms with van der Waals surface area (Å²) in [6.45, 7) is 2.70. The minimum Gasteiger partial charge on any atom is -0.498 e. The first-order valence-corrected chi connectivity index (χ1v) is 4.20. The van der Waals surface area contributed by atoms with E-state index in [1.165, 1.54) is 0 Å². The first-order chi connectivity index (χ1) is 5.33. The normalized spacial score (nSPS) is 34.3. The van der Waals surface area contributed by atoms with Crippen LogP contribution in [0.4, 0.5) is 0 Å². The van der Waals surface area contributed by atoms with E-state index in [-0.39, 0.29) is 5.92 Å². The average molecular weight is 152 g/mol. The number of carbonyl (C=O) groups excluding carboxylic acids is 1. The molecular weight excluding hydrogens is 140 g/mol. The highest BCUT2D eigenvalue weighted by molar-refractivity contribution is 5.87. The number of hydrogen-bond donors (Lipinski definition) is 0. The lowest BCUT2D eigenvalue weighted by molar-refractivity contribution is -0.120. The van der Waals surface area contributed by atoms with Crippen LogP contribution in [0.15, 0.2) is 11.8 Å². The Kier molecular flexibility index (Phi) is 1.48. The van der Waals surface area contributed by atoms with Gasteiger partial charge in [0, 0.05) is 18.3 Å². The van der Waals surface area contributed by atoms with Crippen molar-refractivity contribution < 1.29 is 9.53 Å². The molecule has 0 aromatic rings. The molecule has 2 aliphatic rings. The molecule has 0 aliphatic heterocycles. The summed E-state index contributed by atoms with van der Waals surface area (Å²) < 4.78 is 5.35. The maximum atomic E-state index is 11.1. The van der Waals surface area contributed by atoms with Crippen molar-refractivity contribution in [3.05, 3.63) is 11.8 Å². The predicted octanol–water partition coefficient (Wildman–Crippen LogP) is 1.52. The fourth-order valence-electron chi connectivity index (χ4n) is 1.90. The van der Waals surface area contributed by atoms with Gasteiger partial charge in [-0.15, -0.1) is 0 Å². The highest BCUT2D eigenvalue weighted by atomic mass is 16.5. The third kappa shape index (κ3) is 0.889. The third-order valence-corrected chi connectivity index (χ3v) is 2.53. The van der Waals surface area contributed by atoms with E-state index in [2.05, 4.69) is 0 Å². The van der Waals surface area contributed by atoms with Gasteiger partial charge in [0.1, 0.15) is 5.78 Å². The van der Waals surface area contributed by atoms with E-state index in [4.69, 9.17) is 4.74 Å². The Labute approximate surface area is 66.2 Å². The number of ether oxygens (including phenoxy) is 1. The second kappa shape index (κ2) is 2.36. The first-order valence-electron chi connectivity index (χ1n) is 4.20. The molecule has 0 aromatic carbocycles. The predicted molar refractivity (Wildman–Crippen MR) is 40.9 cm³/mol. The lowest BCUT2D eigenvalue weighted by Crippen LogP contribution is -2.25. The molecule has 2 unspecified atom stereocenters. The van der Waals surface area contributed by atoms with Crippen molar-refractivity contribution in [1.29, 1.82) is 0 Å². The molecule has 0 heterocycles. The molecule has 0 N–H and O–H groups in total. The summed E-state index contributed by atoms with van der Waals surface area (Å²) in [5.41, 5.74) is 0. The van der Waals surface area contributed by atoms with Gasteiger partial charge in [0.15, 0.2) is 0 Å². The van der Waals surface area contributed by atoms with Crippen LogP contribution in [-0.2, 0) is 9.53 Å². The monoisotopic (exact) mass is 152 g/mol. The van der Waals surface area contributed by atoms with Gasteiger partial charge in [0.25, 0.3) is 0 Å². The Balaban J connectivity index is 2.04. The number of allylic oxidation sites excluding steroid dienone is 2. The topological polar surface area (TPSA) is 26.3 Å². The number of carbonyl (C=O) groups is 1. The maximum absolute atomic E-state index is 11.1. The van der Waals surface area contributed by atoms with Crippen molar-refractivity contribution in [3.8, 4) is 0 Å². The van der Waals surface area contributed by atoms with E-state index in [0.29, 0.717) is 11.7 Å². The summed E-state index contributed by atoms with van der Waals surface area (Å²) in [5, 5.41) is 0. The molecule has 1 saturated carbocycles. The third-order valence-electron chi connectivity index (χ3n) is 2.53. The van der Waals surface area contributed by atoms with Gasteiger partial charge in [0.2, 0.25) is 0 Å². The van der Waals surface area contributed by atoms with Crippen molar-refractivity contribution in [2.45, 2.75) is 19.8 Å². The van der Waals surface area contributed by atoms with Gasteiger partial charge in [-0.3, -0.25) is 4.79 Å². The summed E-state index contributed by atoms with van der Waals surface area (Å²) in [6.07, 6.45) is 3.74. The van der Waals surface area contributed by atoms with Gasteiger partial charge in [-0.25, -0.2) is 0 Å². The standard InChI is InChI=1S/C9H12O2/c1-2-11-9-5-7-6(9)3-4-8(7)10/h5-7H,2-4H2,1H3. The number of fused-ring (bicyclic) bond motifs is 1. The molecule has 60 valence electrons. The fraction of sp³-hybridized carbons (Fsp3) is 0.667. The highest BCUT2D eigenvalue weighted by Gasteiger charge is 2.43. The SMILES string of the molecule is CCOC1=CC2C(=O)CCC12. The Bertz CT molecular complexity index is 218. The fourth-order valence-corrected chi connectivity index (χ4v) is 1.90. The molecule has 2 atom stereocenters. The van der Waals surface area contributed by atoms with E-state index in [1.807, 2.05) is 13.0 Å². The minimum absolute atomic E-state index is 0.219. The molecule has 0 saturated heterocycles. The molecule has 2 heteroatoms. The van der Waals surface area contributed by atoms with E-state index in [0.717, 1.165) is 25.2 Å². The zero-order chi connectivity index (χ0) is 7.84. The summed E-state index contributed by atoms with van der Waals surface area (Å²) in [4.78, 5) is 11.1. The zero-order valence-electron chi connectivity index (χ0n) is 6.67. The molecular formula is C9H12O2. The number of hydrogen-bond acceptors (Lipinski definition) is 2. The summed E-state index contributed by atoms with van der Waals surface area (Å²) >= 11 is 0. The number of ketones is 1. The van der Waals surface area contributed by atoms with Crippen molar-refractivity contribution in [2.75, 3.05) is 6.61 Å². The van der Waals surface area contributed by atoms with E-state index in [1.54, 1.807) is 0 Å². The number of Topliss-reactive ketones (excluding diaryl/α,β-unsaturated/α-hetero) is 1. The molecule has 0 aromatic heterocycles. The largest absolute Gasteiger partial charge is 0.498 e. The molecule has 2 aliphatic carbocycles. The molecule has 1 fully saturated rings. The van der Waals surface area contributed by atoms with Crippen molar-refractivity contribution >= 4 is 5.78 Å². The van der Waals surface area contributed by atoms with E-state index >= 15 is 0 Å². The van der Waals surface area contributed by atoms with Crippen LogP contribution in [0.3, 0.4) is 0 Å². The molecule has 0 spiro atoms. The van der Waals surface area contributed by atoms with Gasteiger partial charge < -0.3 is 4.74 Å². The van der Waals surface area contributed by atoms with Gasteiger partial charge in [-0.05, 0) is 19.4 Å². The summed E-state index contributed by atoms with van der Waals surface area (Å²) in [7, 11) is 0. The quantitative estimate of drug-likeness (QED) is 0.599. The average Bonchev–Trinajstić information content (AvgIpc) is 2.22. The van der Waals surface area contributed by atoms with Crippen LogP contribution in [0.25, 0.3) is 0 Å². The van der Waals surface area contributed by atoms with Crippen molar-refractivity contribution in [3.63, 3.8) is 0 Å². The van der Waals surface area contributed by atoms with Crippen LogP contribution >= 0.6 is 0 Å². The van der Waals surface area contributed by atoms with Gasteiger partial charge in [0.05, 0.1) is 12.4 Å². The van der Waals surface area contributed by atoms with Crippen LogP contribution in [0.2, 0.25) is 0 Å². The van der Waals surface area contributed by atoms with Crippen LogP contribution < -0.4 is 0 Å². The summed E-state index contributed by atoms with van der Waals surface area (Å²) in [6, 6.07) is 0. The van der Waals surface area contributed by atoms with Gasteiger partial charge in [-0.1, -0.05) is 0 Å². The second-order valence-electron chi connectivity index (χ2n) is 3.14. The van der Waals surface area contributed by atoms with Crippen molar-refractivity contribution in [1.82, 2.24) is 0 Å². The van der Waals surface area contributed by atoms with Gasteiger partial charge >= 0.3 is 0 Å². The van der Waals surface area contributed by atoms with E-state index < -0.39 is 0 Å². The summed E-state index contributed by atoms with van der Waals surface area (Å²) in [5.74, 6) is 2.13. The Hall–Kier alpha value is -0.790. The molecule has 0 amide bonds. The zero-order valence-corrected chi connectivity index (χ0v) is 6.67. The maximum Gasteiger partial charge on any atom is 0.140 e. The Morgan fingerprint density at radius 1 is 1.73 bits per heavy atom. The molecule has 0 radical (unpaired) electrons. The highest BCUT2D eigenvalue weighted by Crippen LogP contribution is 2.44. The van der Waals surface area contributed by atoms with E-state index in [9.17, 15) is 4.79 Å². The second-order valence-corrected chi connectivity index (χ2v) is 3.14. The number of rotatable bonds is 2. The lowest BCUT2D eigenvalue weighted by Gasteiger charge is -2.28. The van der Waals surface area contributed by atoms with Crippen LogP contribution in [-0.4, -0.2) is 12.4 Å². The Morgan fingerprint density at radius 3 is 3.18 bits per heavy atom. The molecule has 2 nitrogen and oxygen atoms in total. The molecule has 0 bridgehead atoms. The van der Waals surface area contributed by atoms with Crippen LogP contribution in [0, 0.1) is 11.8 Å². The van der Waals surface area contributed by atoms with Crippen LogP contribution in [0.5, 0.6) is 0 Å². The van der Waals surface area contributed by atoms with Crippen molar-refractivity contribution in [2.24, 2.45) is 11.8 Å². The smallest absolute Gasteiger partial charge is 0.140 e. The molecule has 11 heavy (non-hydrogen) atoms. The molecule has 2 rings (SSSR count). The Morgan fingerprint density at radius 2 is 2.55 bits per heavy atom.